The molecule has 2 rings (SSSR count). The molecule has 0 fully saturated rings. The Bertz CT molecular complexity index is 840. The highest BCUT2D eigenvalue weighted by atomic mass is 16.5. The van der Waals surface area contributed by atoms with Crippen LogP contribution in [0.25, 0.3) is 0 Å². The van der Waals surface area contributed by atoms with Crippen LogP contribution in [0.4, 0.5) is 10.5 Å². The molecule has 33 heavy (non-hydrogen) atoms. The van der Waals surface area contributed by atoms with Gasteiger partial charge in [0.15, 0.2) is 5.69 Å². The van der Waals surface area contributed by atoms with Crippen molar-refractivity contribution in [3.8, 4) is 5.75 Å². The van der Waals surface area contributed by atoms with Crippen LogP contribution < -0.4 is 15.4 Å². The monoisotopic (exact) mass is 462 g/mol. The third-order valence-electron chi connectivity index (χ3n) is 4.61. The summed E-state index contributed by atoms with van der Waals surface area (Å²) >= 11 is 0. The Balaban J connectivity index is 1.96. The third kappa shape index (κ3) is 9.50. The van der Waals surface area contributed by atoms with Crippen molar-refractivity contribution in [1.29, 1.82) is 0 Å². The molecule has 0 aliphatic rings. The number of nitrogens with one attached hydrogen (secondary N) is 2. The molecule has 10 nitrogen and oxygen atoms in total. The molecule has 0 radical (unpaired) electrons. The lowest BCUT2D eigenvalue weighted by Crippen LogP contribution is -2.36. The SMILES string of the molecule is CCOCCCNC(=O)c1coc(CN(CCCOCC)C(=O)Nc2ccc(OC)cc2)n1. The Labute approximate surface area is 194 Å². The minimum atomic E-state index is -0.327. The van der Waals surface area contributed by atoms with Gasteiger partial charge in [0.2, 0.25) is 5.89 Å². The number of urea groups is 1. The third-order valence-corrected chi connectivity index (χ3v) is 4.61. The van der Waals surface area contributed by atoms with E-state index in [2.05, 4.69) is 15.6 Å². The van der Waals surface area contributed by atoms with Gasteiger partial charge in [-0.15, -0.1) is 0 Å². The molecule has 10 heteroatoms. The maximum absolute atomic E-state index is 12.9. The van der Waals surface area contributed by atoms with Crippen LogP contribution in [0.1, 0.15) is 43.1 Å². The van der Waals surface area contributed by atoms with Crippen LogP contribution in [0, 0.1) is 0 Å². The zero-order chi connectivity index (χ0) is 23.9. The molecule has 1 aromatic carbocycles. The van der Waals surface area contributed by atoms with Crippen molar-refractivity contribution in [3.05, 3.63) is 42.1 Å². The summed E-state index contributed by atoms with van der Waals surface area (Å²) in [5.74, 6) is 0.646. The molecular weight excluding hydrogens is 428 g/mol. The first-order valence-electron chi connectivity index (χ1n) is 11.1. The minimum Gasteiger partial charge on any atom is -0.497 e. The molecule has 182 valence electrons. The van der Waals surface area contributed by atoms with Gasteiger partial charge in [0.1, 0.15) is 12.0 Å². The van der Waals surface area contributed by atoms with E-state index >= 15 is 0 Å². The van der Waals surface area contributed by atoms with Crippen LogP contribution in [0.5, 0.6) is 5.75 Å². The predicted octanol–water partition coefficient (Wildman–Crippen LogP) is 3.30. The van der Waals surface area contributed by atoms with E-state index in [1.165, 1.54) is 6.26 Å². The number of methoxy groups -OCH3 is 1. The lowest BCUT2D eigenvalue weighted by molar-refractivity contribution is 0.0939. The fourth-order valence-electron chi connectivity index (χ4n) is 2.89. The van der Waals surface area contributed by atoms with Gasteiger partial charge in [-0.3, -0.25) is 4.79 Å². The second-order valence-electron chi connectivity index (χ2n) is 7.06. The summed E-state index contributed by atoms with van der Waals surface area (Å²) in [6.07, 6.45) is 2.66. The standard InChI is InChI=1S/C23H34N4O6/c1-4-31-14-6-12-24-22(28)20-17-33-21(26-20)16-27(13-7-15-32-5-2)23(29)25-18-8-10-19(30-3)11-9-18/h8-11,17H,4-7,12-16H2,1-3H3,(H,24,28)(H,25,29). The van der Waals surface area contributed by atoms with Crippen molar-refractivity contribution < 1.29 is 28.2 Å². The molecule has 3 amide bonds. The minimum absolute atomic E-state index is 0.117. The molecule has 0 bridgehead atoms. The largest absolute Gasteiger partial charge is 0.497 e. The molecule has 1 heterocycles. The van der Waals surface area contributed by atoms with Crippen LogP contribution in [0.3, 0.4) is 0 Å². The van der Waals surface area contributed by atoms with Gasteiger partial charge in [-0.25, -0.2) is 9.78 Å². The number of oxazole rings is 1. The van der Waals surface area contributed by atoms with Gasteiger partial charge in [-0.1, -0.05) is 0 Å². The number of amides is 3. The Hall–Kier alpha value is -3.11. The topological polar surface area (TPSA) is 115 Å². The summed E-state index contributed by atoms with van der Waals surface area (Å²) in [5.41, 5.74) is 0.807. The number of hydrogen-bond donors (Lipinski definition) is 2. The normalized spacial score (nSPS) is 10.6. The smallest absolute Gasteiger partial charge is 0.322 e. The van der Waals surface area contributed by atoms with Crippen LogP contribution in [0.15, 0.2) is 34.9 Å². The molecule has 0 saturated heterocycles. The highest BCUT2D eigenvalue weighted by Crippen LogP contribution is 2.16. The summed E-state index contributed by atoms with van der Waals surface area (Å²) < 4.78 is 21.2. The van der Waals surface area contributed by atoms with E-state index in [-0.39, 0.29) is 30.1 Å². The van der Waals surface area contributed by atoms with E-state index in [0.717, 1.165) is 0 Å². The molecular formula is C23H34N4O6. The van der Waals surface area contributed by atoms with Gasteiger partial charge in [0.05, 0.1) is 13.7 Å². The molecule has 0 aliphatic heterocycles. The Morgan fingerprint density at radius 3 is 2.42 bits per heavy atom. The molecule has 0 saturated carbocycles. The summed E-state index contributed by atoms with van der Waals surface area (Å²) in [5, 5.41) is 5.64. The number of ether oxygens (including phenoxy) is 3. The summed E-state index contributed by atoms with van der Waals surface area (Å²) in [4.78, 5) is 30.9. The van der Waals surface area contributed by atoms with Crippen molar-refractivity contribution in [1.82, 2.24) is 15.2 Å². The van der Waals surface area contributed by atoms with Crippen LogP contribution >= 0.6 is 0 Å². The van der Waals surface area contributed by atoms with Crippen molar-refractivity contribution in [2.45, 2.75) is 33.2 Å². The number of hydrogen-bond acceptors (Lipinski definition) is 7. The van der Waals surface area contributed by atoms with Gasteiger partial charge >= 0.3 is 6.03 Å². The Morgan fingerprint density at radius 2 is 1.76 bits per heavy atom. The molecule has 2 N–H and O–H groups in total. The number of rotatable bonds is 15. The fourth-order valence-corrected chi connectivity index (χ4v) is 2.89. The van der Waals surface area contributed by atoms with E-state index in [9.17, 15) is 9.59 Å². The van der Waals surface area contributed by atoms with Gasteiger partial charge in [0, 0.05) is 45.2 Å². The van der Waals surface area contributed by atoms with Crippen molar-refractivity contribution in [2.75, 3.05) is 51.9 Å². The van der Waals surface area contributed by atoms with Crippen LogP contribution in [-0.2, 0) is 16.0 Å². The van der Waals surface area contributed by atoms with Crippen molar-refractivity contribution in [3.63, 3.8) is 0 Å². The van der Waals surface area contributed by atoms with Crippen molar-refractivity contribution in [2.24, 2.45) is 0 Å². The quantitative estimate of drug-likeness (QED) is 0.390. The van der Waals surface area contributed by atoms with Crippen LogP contribution in [-0.4, -0.2) is 68.4 Å². The lowest BCUT2D eigenvalue weighted by atomic mass is 10.3. The summed E-state index contributed by atoms with van der Waals surface area (Å²) in [7, 11) is 1.58. The molecule has 0 spiro atoms. The summed E-state index contributed by atoms with van der Waals surface area (Å²) in [6.45, 7) is 7.25. The first kappa shape index (κ1) is 26.1. The predicted molar refractivity (Wildman–Crippen MR) is 123 cm³/mol. The van der Waals surface area contributed by atoms with Gasteiger partial charge in [0.25, 0.3) is 5.91 Å². The number of carbonyl (C=O) groups excluding carboxylic acids is 2. The number of aromatic nitrogens is 1. The first-order valence-corrected chi connectivity index (χ1v) is 11.1. The van der Waals surface area contributed by atoms with E-state index in [0.29, 0.717) is 63.8 Å². The number of nitrogens with zero attached hydrogens (tertiary/aromatic N) is 2. The zero-order valence-corrected chi connectivity index (χ0v) is 19.6. The maximum Gasteiger partial charge on any atom is 0.322 e. The molecule has 0 atom stereocenters. The number of benzene rings is 1. The highest BCUT2D eigenvalue weighted by molar-refractivity contribution is 5.92. The number of carbonyl (C=O) groups is 2. The van der Waals surface area contributed by atoms with E-state index in [1.807, 2.05) is 13.8 Å². The lowest BCUT2D eigenvalue weighted by Gasteiger charge is -2.21. The fraction of sp³-hybridized carbons (Fsp3) is 0.522. The number of anilines is 1. The first-order chi connectivity index (χ1) is 16.1. The van der Waals surface area contributed by atoms with Crippen LogP contribution in [0.2, 0.25) is 0 Å². The van der Waals surface area contributed by atoms with Gasteiger partial charge in [-0.2, -0.15) is 0 Å². The molecule has 2 aromatic rings. The molecule has 0 aliphatic carbocycles. The van der Waals surface area contributed by atoms with Gasteiger partial charge in [-0.05, 0) is 51.0 Å². The molecule has 0 unspecified atom stereocenters. The van der Waals surface area contributed by atoms with E-state index in [1.54, 1.807) is 36.3 Å². The van der Waals surface area contributed by atoms with Gasteiger partial charge < -0.3 is 34.2 Å². The maximum atomic E-state index is 12.9. The summed E-state index contributed by atoms with van der Waals surface area (Å²) in [6, 6.07) is 6.74. The second-order valence-corrected chi connectivity index (χ2v) is 7.06. The average molecular weight is 463 g/mol. The Morgan fingerprint density at radius 1 is 1.06 bits per heavy atom. The average Bonchev–Trinajstić information content (AvgIpc) is 3.30. The van der Waals surface area contributed by atoms with Crippen molar-refractivity contribution >= 4 is 17.6 Å². The zero-order valence-electron chi connectivity index (χ0n) is 19.6. The highest BCUT2D eigenvalue weighted by Gasteiger charge is 2.19. The second kappa shape index (κ2) is 14.9. The van der Waals surface area contributed by atoms with E-state index in [4.69, 9.17) is 18.6 Å². The van der Waals surface area contributed by atoms with E-state index < -0.39 is 0 Å². The Kier molecular flexibility index (Phi) is 11.8. The molecule has 1 aromatic heterocycles.